The third kappa shape index (κ3) is 4.08. The molecule has 0 spiro atoms. The first-order valence-electron chi connectivity index (χ1n) is 8.34. The van der Waals surface area contributed by atoms with E-state index in [1.807, 2.05) is 13.0 Å². The summed E-state index contributed by atoms with van der Waals surface area (Å²) >= 11 is 0. The second kappa shape index (κ2) is 7.81. The minimum Gasteiger partial charge on any atom is -0.465 e. The van der Waals surface area contributed by atoms with E-state index in [-0.39, 0.29) is 5.97 Å². The fraction of sp³-hybridized carbons (Fsp3) is 0.333. The van der Waals surface area contributed by atoms with Crippen LogP contribution in [0, 0.1) is 6.92 Å². The number of amides is 1. The maximum atomic E-state index is 11.5. The van der Waals surface area contributed by atoms with Gasteiger partial charge in [0.05, 0.1) is 12.7 Å². The van der Waals surface area contributed by atoms with Gasteiger partial charge in [-0.2, -0.15) is 0 Å². The standard InChI is InChI=1S/C18H21N5O3/c1-13-19-16(21-15-5-3-14(4-6-15)18(25)26-2)11-17(20-13)23-9-7-22(12-24)8-10-23/h3-6,11-12H,7-10H2,1-2H3,(H,19,20,21). The first kappa shape index (κ1) is 17.7. The number of hydrogen-bond donors (Lipinski definition) is 1. The molecule has 136 valence electrons. The number of piperazine rings is 1. The summed E-state index contributed by atoms with van der Waals surface area (Å²) in [5, 5.41) is 3.23. The summed E-state index contributed by atoms with van der Waals surface area (Å²) in [6.45, 7) is 4.69. The molecule has 1 aromatic heterocycles. The normalized spacial score (nSPS) is 14.1. The molecule has 0 unspecified atom stereocenters. The van der Waals surface area contributed by atoms with Crippen LogP contribution >= 0.6 is 0 Å². The van der Waals surface area contributed by atoms with E-state index in [2.05, 4.69) is 20.2 Å². The van der Waals surface area contributed by atoms with Crippen LogP contribution in [0.4, 0.5) is 17.3 Å². The van der Waals surface area contributed by atoms with Gasteiger partial charge in [0.1, 0.15) is 17.5 Å². The van der Waals surface area contributed by atoms with Crippen LogP contribution in [-0.4, -0.2) is 60.5 Å². The summed E-state index contributed by atoms with van der Waals surface area (Å²) in [5.41, 5.74) is 1.30. The maximum absolute atomic E-state index is 11.5. The average Bonchev–Trinajstić information content (AvgIpc) is 2.67. The number of aromatic nitrogens is 2. The predicted molar refractivity (Wildman–Crippen MR) is 97.7 cm³/mol. The smallest absolute Gasteiger partial charge is 0.337 e. The SMILES string of the molecule is COC(=O)c1ccc(Nc2cc(N3CCN(C=O)CC3)nc(C)n2)cc1. The van der Waals surface area contributed by atoms with Gasteiger partial charge < -0.3 is 19.9 Å². The Labute approximate surface area is 151 Å². The van der Waals surface area contributed by atoms with E-state index in [9.17, 15) is 9.59 Å². The van der Waals surface area contributed by atoms with E-state index in [0.717, 1.165) is 31.0 Å². The van der Waals surface area contributed by atoms with Crippen molar-refractivity contribution in [2.24, 2.45) is 0 Å². The molecule has 0 aliphatic carbocycles. The van der Waals surface area contributed by atoms with E-state index in [4.69, 9.17) is 4.74 Å². The lowest BCUT2D eigenvalue weighted by atomic mass is 10.2. The molecule has 26 heavy (non-hydrogen) atoms. The molecule has 1 saturated heterocycles. The number of carbonyl (C=O) groups is 2. The molecule has 1 fully saturated rings. The van der Waals surface area contributed by atoms with Crippen LogP contribution < -0.4 is 10.2 Å². The number of carbonyl (C=O) groups excluding carboxylic acids is 2. The highest BCUT2D eigenvalue weighted by Crippen LogP contribution is 2.21. The van der Waals surface area contributed by atoms with Crippen LogP contribution in [0.2, 0.25) is 0 Å². The first-order valence-corrected chi connectivity index (χ1v) is 8.34. The van der Waals surface area contributed by atoms with Crippen molar-refractivity contribution in [2.75, 3.05) is 43.5 Å². The lowest BCUT2D eigenvalue weighted by Crippen LogP contribution is -2.46. The zero-order valence-electron chi connectivity index (χ0n) is 14.8. The van der Waals surface area contributed by atoms with Crippen molar-refractivity contribution < 1.29 is 14.3 Å². The zero-order chi connectivity index (χ0) is 18.5. The molecule has 3 rings (SSSR count). The van der Waals surface area contributed by atoms with Gasteiger partial charge in [0, 0.05) is 37.9 Å². The number of nitrogens with one attached hydrogen (secondary N) is 1. The molecule has 0 bridgehead atoms. The number of benzene rings is 1. The molecule has 1 aliphatic heterocycles. The Bertz CT molecular complexity index is 786. The summed E-state index contributed by atoms with van der Waals surface area (Å²) < 4.78 is 4.70. The highest BCUT2D eigenvalue weighted by atomic mass is 16.5. The highest BCUT2D eigenvalue weighted by molar-refractivity contribution is 5.89. The first-order chi connectivity index (χ1) is 12.6. The molecule has 2 aromatic rings. The third-order valence-corrected chi connectivity index (χ3v) is 4.19. The number of nitrogens with zero attached hydrogens (tertiary/aromatic N) is 4. The number of anilines is 3. The quantitative estimate of drug-likeness (QED) is 0.644. The molecular weight excluding hydrogens is 334 g/mol. The highest BCUT2D eigenvalue weighted by Gasteiger charge is 2.18. The summed E-state index contributed by atoms with van der Waals surface area (Å²) in [4.78, 5) is 35.2. The summed E-state index contributed by atoms with van der Waals surface area (Å²) in [7, 11) is 1.36. The van der Waals surface area contributed by atoms with Crippen molar-refractivity contribution in [1.29, 1.82) is 0 Å². The van der Waals surface area contributed by atoms with E-state index in [0.29, 0.717) is 30.3 Å². The Morgan fingerprint density at radius 1 is 1.15 bits per heavy atom. The molecule has 0 atom stereocenters. The number of methoxy groups -OCH3 is 1. The Morgan fingerprint density at radius 2 is 1.85 bits per heavy atom. The van der Waals surface area contributed by atoms with Gasteiger partial charge in [-0.05, 0) is 31.2 Å². The van der Waals surface area contributed by atoms with Crippen LogP contribution in [0.1, 0.15) is 16.2 Å². The predicted octanol–water partition coefficient (Wildman–Crippen LogP) is 1.59. The van der Waals surface area contributed by atoms with Gasteiger partial charge in [-0.15, -0.1) is 0 Å². The molecule has 8 heteroatoms. The van der Waals surface area contributed by atoms with Gasteiger partial charge >= 0.3 is 5.97 Å². The topological polar surface area (TPSA) is 87.7 Å². The van der Waals surface area contributed by atoms with Gasteiger partial charge in [0.25, 0.3) is 0 Å². The lowest BCUT2D eigenvalue weighted by Gasteiger charge is -2.33. The zero-order valence-corrected chi connectivity index (χ0v) is 14.8. The molecule has 0 saturated carbocycles. The van der Waals surface area contributed by atoms with Crippen LogP contribution in [0.15, 0.2) is 30.3 Å². The third-order valence-electron chi connectivity index (χ3n) is 4.19. The number of esters is 1. The Hall–Kier alpha value is -3.16. The second-order valence-electron chi connectivity index (χ2n) is 5.98. The van der Waals surface area contributed by atoms with Gasteiger partial charge in [0.15, 0.2) is 0 Å². The average molecular weight is 355 g/mol. The van der Waals surface area contributed by atoms with Crippen LogP contribution in [0.3, 0.4) is 0 Å². The summed E-state index contributed by atoms with van der Waals surface area (Å²) in [6, 6.07) is 8.87. The van der Waals surface area contributed by atoms with Crippen LogP contribution in [-0.2, 0) is 9.53 Å². The van der Waals surface area contributed by atoms with Crippen molar-refractivity contribution in [3.8, 4) is 0 Å². The van der Waals surface area contributed by atoms with Crippen LogP contribution in [0.25, 0.3) is 0 Å². The summed E-state index contributed by atoms with van der Waals surface area (Å²) in [6.07, 6.45) is 0.882. The van der Waals surface area contributed by atoms with E-state index in [1.165, 1.54) is 7.11 Å². The molecule has 1 amide bonds. The fourth-order valence-electron chi connectivity index (χ4n) is 2.79. The van der Waals surface area contributed by atoms with Gasteiger partial charge in [-0.25, -0.2) is 14.8 Å². The summed E-state index contributed by atoms with van der Waals surface area (Å²) in [5.74, 6) is 1.80. The Morgan fingerprint density at radius 3 is 2.46 bits per heavy atom. The van der Waals surface area contributed by atoms with Crippen LogP contribution in [0.5, 0.6) is 0 Å². The second-order valence-corrected chi connectivity index (χ2v) is 5.98. The number of hydrogen-bond acceptors (Lipinski definition) is 7. The van der Waals surface area contributed by atoms with Gasteiger partial charge in [-0.3, -0.25) is 4.79 Å². The molecule has 2 heterocycles. The number of ether oxygens (including phenoxy) is 1. The van der Waals surface area contributed by atoms with Gasteiger partial charge in [0.2, 0.25) is 6.41 Å². The molecule has 0 radical (unpaired) electrons. The van der Waals surface area contributed by atoms with Crippen molar-refractivity contribution in [3.63, 3.8) is 0 Å². The molecule has 1 N–H and O–H groups in total. The fourth-order valence-corrected chi connectivity index (χ4v) is 2.79. The van der Waals surface area contributed by atoms with E-state index >= 15 is 0 Å². The molecular formula is C18H21N5O3. The number of rotatable bonds is 5. The van der Waals surface area contributed by atoms with Crippen molar-refractivity contribution in [2.45, 2.75) is 6.92 Å². The van der Waals surface area contributed by atoms with E-state index in [1.54, 1.807) is 29.2 Å². The monoisotopic (exact) mass is 355 g/mol. The van der Waals surface area contributed by atoms with Crippen molar-refractivity contribution >= 4 is 29.7 Å². The van der Waals surface area contributed by atoms with E-state index < -0.39 is 0 Å². The minimum atomic E-state index is -0.369. The largest absolute Gasteiger partial charge is 0.465 e. The van der Waals surface area contributed by atoms with Crippen molar-refractivity contribution in [1.82, 2.24) is 14.9 Å². The molecule has 1 aliphatic rings. The van der Waals surface area contributed by atoms with Gasteiger partial charge in [-0.1, -0.05) is 0 Å². The van der Waals surface area contributed by atoms with Crippen molar-refractivity contribution in [3.05, 3.63) is 41.7 Å². The molecule has 1 aromatic carbocycles. The minimum absolute atomic E-state index is 0.369. The number of aryl methyl sites for hydroxylation is 1. The Kier molecular flexibility index (Phi) is 5.31. The maximum Gasteiger partial charge on any atom is 0.337 e. The lowest BCUT2D eigenvalue weighted by molar-refractivity contribution is -0.118. The molecule has 8 nitrogen and oxygen atoms in total. The Balaban J connectivity index is 1.73.